The van der Waals surface area contributed by atoms with Crippen LogP contribution in [0.1, 0.15) is 63.5 Å². The summed E-state index contributed by atoms with van der Waals surface area (Å²) in [5.74, 6) is 9.68. The average Bonchev–Trinajstić information content (AvgIpc) is 3.53. The Labute approximate surface area is 205 Å². The second kappa shape index (κ2) is 9.86. The smallest absolute Gasteiger partial charge is 0.0620 e. The van der Waals surface area contributed by atoms with Gasteiger partial charge in [-0.05, 0) is 31.4 Å². The first kappa shape index (κ1) is 21.8. The van der Waals surface area contributed by atoms with Crippen LogP contribution >= 0.6 is 45.3 Å². The van der Waals surface area contributed by atoms with Crippen LogP contribution in [0.15, 0.2) is 22.9 Å². The minimum Gasteiger partial charge on any atom is -0.346 e. The van der Waals surface area contributed by atoms with E-state index in [-0.39, 0.29) is 0 Å². The van der Waals surface area contributed by atoms with Gasteiger partial charge in [-0.15, -0.1) is 51.3 Å². The van der Waals surface area contributed by atoms with Crippen LogP contribution in [-0.4, -0.2) is 6.54 Å². The maximum absolute atomic E-state index is 3.37. The third-order valence-corrected chi connectivity index (χ3v) is 10.3. The van der Waals surface area contributed by atoms with Crippen LogP contribution in [0.3, 0.4) is 0 Å². The molecule has 5 aromatic rings. The van der Waals surface area contributed by atoms with Crippen LogP contribution < -0.4 is 5.32 Å². The number of thiophene rings is 4. The lowest BCUT2D eigenvalue weighted by Gasteiger charge is -1.99. The van der Waals surface area contributed by atoms with Gasteiger partial charge in [-0.1, -0.05) is 44.9 Å². The maximum atomic E-state index is 3.37. The molecular weight excluding hydrogens is 467 g/mol. The van der Waals surface area contributed by atoms with Gasteiger partial charge in [-0.25, -0.2) is 0 Å². The van der Waals surface area contributed by atoms with Crippen molar-refractivity contribution < 1.29 is 0 Å². The Balaban J connectivity index is 1.37. The molecule has 1 aromatic carbocycles. The third kappa shape index (κ3) is 4.16. The highest BCUT2D eigenvalue weighted by Crippen LogP contribution is 2.46. The molecule has 1 N–H and O–H groups in total. The lowest BCUT2D eigenvalue weighted by atomic mass is 10.1. The fraction of sp³-hybridized carbons (Fsp3) is 0.333. The molecule has 1 nitrogen and oxygen atoms in total. The van der Waals surface area contributed by atoms with Gasteiger partial charge in [0.25, 0.3) is 0 Å². The van der Waals surface area contributed by atoms with Crippen molar-refractivity contribution in [3.05, 3.63) is 34.0 Å². The van der Waals surface area contributed by atoms with Crippen LogP contribution in [0.2, 0.25) is 0 Å². The van der Waals surface area contributed by atoms with Crippen molar-refractivity contribution in [2.75, 3.05) is 6.54 Å². The van der Waals surface area contributed by atoms with E-state index in [1.54, 1.807) is 0 Å². The van der Waals surface area contributed by atoms with E-state index >= 15 is 0 Å². The highest BCUT2D eigenvalue weighted by atomic mass is 32.1. The number of unbranched alkanes of at least 4 members (excludes halogenated alkanes) is 5. The Morgan fingerprint density at radius 2 is 1.38 bits per heavy atom. The van der Waals surface area contributed by atoms with Gasteiger partial charge in [0.2, 0.25) is 0 Å². The molecule has 0 aliphatic heterocycles. The number of benzene rings is 1. The van der Waals surface area contributed by atoms with Gasteiger partial charge in [0.1, 0.15) is 0 Å². The van der Waals surface area contributed by atoms with Crippen molar-refractivity contribution in [2.45, 2.75) is 52.4 Å². The molecule has 162 valence electrons. The summed E-state index contributed by atoms with van der Waals surface area (Å²) in [6, 6.07) is 7.96. The molecule has 0 saturated carbocycles. The molecule has 0 fully saturated rings. The van der Waals surface area contributed by atoms with Gasteiger partial charge >= 0.3 is 0 Å². The van der Waals surface area contributed by atoms with Gasteiger partial charge in [-0.2, -0.15) is 0 Å². The zero-order chi connectivity index (χ0) is 21.9. The van der Waals surface area contributed by atoms with E-state index in [9.17, 15) is 0 Å². The summed E-state index contributed by atoms with van der Waals surface area (Å²) in [6.07, 6.45) is 7.89. The van der Waals surface area contributed by atoms with Crippen molar-refractivity contribution in [2.24, 2.45) is 0 Å². The van der Waals surface area contributed by atoms with Crippen molar-refractivity contribution in [3.8, 4) is 23.8 Å². The maximum Gasteiger partial charge on any atom is 0.0620 e. The van der Waals surface area contributed by atoms with Crippen LogP contribution in [0.5, 0.6) is 0 Å². The van der Waals surface area contributed by atoms with E-state index in [1.807, 2.05) is 52.3 Å². The number of hydrogen-bond donors (Lipinski definition) is 1. The molecule has 4 aromatic heterocycles. The van der Waals surface area contributed by atoms with Crippen LogP contribution in [0, 0.1) is 23.8 Å². The van der Waals surface area contributed by atoms with Gasteiger partial charge in [0.15, 0.2) is 0 Å². The highest BCUT2D eigenvalue weighted by Gasteiger charge is 2.15. The average molecular weight is 492 g/mol. The Morgan fingerprint density at radius 1 is 0.750 bits per heavy atom. The SMILES string of the molecule is CC#Cc1csc2c1sc1cc3sc4c(C#CNCCCCCCCC)csc4c3cc12. The van der Waals surface area contributed by atoms with E-state index in [0.717, 1.165) is 12.1 Å². The number of nitrogens with one attached hydrogen (secondary N) is 1. The van der Waals surface area contributed by atoms with E-state index in [4.69, 9.17) is 0 Å². The summed E-state index contributed by atoms with van der Waals surface area (Å²) in [6.45, 7) is 5.15. The molecule has 5 heteroatoms. The predicted molar refractivity (Wildman–Crippen MR) is 149 cm³/mol. The van der Waals surface area contributed by atoms with Crippen molar-refractivity contribution >= 4 is 84.3 Å². The van der Waals surface area contributed by atoms with Gasteiger partial charge in [0.05, 0.1) is 29.9 Å². The first-order valence-electron chi connectivity index (χ1n) is 11.2. The van der Waals surface area contributed by atoms with E-state index in [2.05, 4.69) is 58.9 Å². The largest absolute Gasteiger partial charge is 0.346 e. The van der Waals surface area contributed by atoms with Crippen LogP contribution in [-0.2, 0) is 0 Å². The monoisotopic (exact) mass is 491 g/mol. The fourth-order valence-corrected chi connectivity index (χ4v) is 8.97. The van der Waals surface area contributed by atoms with Crippen molar-refractivity contribution in [1.29, 1.82) is 0 Å². The van der Waals surface area contributed by atoms with Crippen LogP contribution in [0.4, 0.5) is 0 Å². The van der Waals surface area contributed by atoms with Gasteiger partial charge < -0.3 is 5.32 Å². The van der Waals surface area contributed by atoms with Crippen LogP contribution in [0.25, 0.3) is 39.0 Å². The molecule has 5 rings (SSSR count). The van der Waals surface area contributed by atoms with E-state index in [1.165, 1.54) is 83.1 Å². The summed E-state index contributed by atoms with van der Waals surface area (Å²) >= 11 is 7.40. The molecule has 0 radical (unpaired) electrons. The number of rotatable bonds is 7. The van der Waals surface area contributed by atoms with Crippen molar-refractivity contribution in [1.82, 2.24) is 5.32 Å². The molecule has 4 heterocycles. The summed E-state index contributed by atoms with van der Waals surface area (Å²) in [5.41, 5.74) is 2.33. The second-order valence-corrected chi connectivity index (χ2v) is 11.8. The normalized spacial score (nSPS) is 11.2. The van der Waals surface area contributed by atoms with E-state index < -0.39 is 0 Å². The summed E-state index contributed by atoms with van der Waals surface area (Å²) in [4.78, 5) is 0. The molecule has 0 spiro atoms. The quantitative estimate of drug-likeness (QED) is 0.136. The lowest BCUT2D eigenvalue weighted by Crippen LogP contribution is -2.07. The highest BCUT2D eigenvalue weighted by molar-refractivity contribution is 7.34. The Morgan fingerprint density at radius 3 is 2.03 bits per heavy atom. The molecule has 0 amide bonds. The number of fused-ring (bicyclic) bond motifs is 6. The summed E-state index contributed by atoms with van der Waals surface area (Å²) in [7, 11) is 0. The zero-order valence-electron chi connectivity index (χ0n) is 18.4. The van der Waals surface area contributed by atoms with E-state index in [0.29, 0.717) is 0 Å². The standard InChI is InChI=1S/C27H25NS4/c1-3-5-6-7-8-9-12-28-13-11-19-17-30-27-21-14-20-22(15-23(21)32-25(19)27)31-24-18(10-4-2)16-29-26(20)24/h14-17,28H,3,5-9,12H2,1-2H3. The molecule has 0 aliphatic carbocycles. The predicted octanol–water partition coefficient (Wildman–Crippen LogP) is 9.18. The molecule has 0 unspecified atom stereocenters. The molecule has 32 heavy (non-hydrogen) atoms. The lowest BCUT2D eigenvalue weighted by molar-refractivity contribution is 0.600. The topological polar surface area (TPSA) is 12.0 Å². The molecular formula is C27H25NS4. The first-order valence-corrected chi connectivity index (χ1v) is 14.6. The minimum absolute atomic E-state index is 0.982. The molecule has 0 bridgehead atoms. The molecule has 0 atom stereocenters. The summed E-state index contributed by atoms with van der Waals surface area (Å²) < 4.78 is 8.13. The van der Waals surface area contributed by atoms with Crippen molar-refractivity contribution in [3.63, 3.8) is 0 Å². The Hall–Kier alpha value is -2.02. The fourth-order valence-electron chi connectivity index (χ4n) is 4.05. The Kier molecular flexibility index (Phi) is 6.72. The molecule has 0 saturated heterocycles. The molecule has 0 aliphatic rings. The Bertz CT molecular complexity index is 1520. The number of hydrogen-bond acceptors (Lipinski definition) is 5. The third-order valence-electron chi connectivity index (χ3n) is 5.69. The van der Waals surface area contributed by atoms with Gasteiger partial charge in [0, 0.05) is 43.5 Å². The summed E-state index contributed by atoms with van der Waals surface area (Å²) in [5, 5.41) is 10.5. The second-order valence-electron chi connectivity index (χ2n) is 7.98. The first-order chi connectivity index (χ1) is 15.8. The zero-order valence-corrected chi connectivity index (χ0v) is 21.7. The van der Waals surface area contributed by atoms with Gasteiger partial charge in [-0.3, -0.25) is 0 Å². The minimum atomic E-state index is 0.982.